The molecule has 0 saturated heterocycles. The molecule has 2 unspecified atom stereocenters. The van der Waals surface area contributed by atoms with Crippen LogP contribution in [-0.4, -0.2) is 18.6 Å². The molecule has 18 heavy (non-hydrogen) atoms. The van der Waals surface area contributed by atoms with Gasteiger partial charge in [0, 0.05) is 5.56 Å². The molecular formula is C13H19ClN2O2. The van der Waals surface area contributed by atoms with E-state index in [1.165, 1.54) is 0 Å². The number of hydrogen-bond donors (Lipinski definition) is 2. The summed E-state index contributed by atoms with van der Waals surface area (Å²) in [6.07, 6.45) is 1.62. The Balaban J connectivity index is 0.00000162. The Hall–Kier alpha value is -1.26. The maximum absolute atomic E-state index is 11.8. The van der Waals surface area contributed by atoms with Crippen molar-refractivity contribution in [3.05, 3.63) is 29.8 Å². The van der Waals surface area contributed by atoms with Crippen LogP contribution in [0.3, 0.4) is 0 Å². The average Bonchev–Trinajstić information content (AvgIpc) is 2.73. The molecule has 0 bridgehead atoms. The number of fused-ring (bicyclic) bond motifs is 1. The van der Waals surface area contributed by atoms with Crippen LogP contribution in [0.25, 0.3) is 0 Å². The van der Waals surface area contributed by atoms with E-state index in [1.807, 2.05) is 31.2 Å². The highest BCUT2D eigenvalue weighted by Gasteiger charge is 2.26. The van der Waals surface area contributed by atoms with E-state index in [0.717, 1.165) is 17.7 Å². The highest BCUT2D eigenvalue weighted by molar-refractivity contribution is 5.85. The van der Waals surface area contributed by atoms with E-state index in [9.17, 15) is 4.79 Å². The fourth-order valence-electron chi connectivity index (χ4n) is 2.00. The van der Waals surface area contributed by atoms with Gasteiger partial charge in [-0.2, -0.15) is 0 Å². The third-order valence-electron chi connectivity index (χ3n) is 2.95. The topological polar surface area (TPSA) is 64.4 Å². The molecule has 1 amide bonds. The maximum Gasteiger partial charge on any atom is 0.237 e. The number of nitrogens with one attached hydrogen (secondary N) is 1. The molecule has 0 saturated carbocycles. The Bertz CT molecular complexity index is 412. The van der Waals surface area contributed by atoms with Gasteiger partial charge in [0.25, 0.3) is 0 Å². The number of nitrogens with two attached hydrogens (primary N) is 1. The van der Waals surface area contributed by atoms with Crippen LogP contribution in [0, 0.1) is 0 Å². The number of amides is 1. The second kappa shape index (κ2) is 6.61. The smallest absolute Gasteiger partial charge is 0.237 e. The number of carbonyl (C=O) groups is 1. The van der Waals surface area contributed by atoms with E-state index in [2.05, 4.69) is 5.32 Å². The maximum atomic E-state index is 11.8. The predicted octanol–water partition coefficient (Wildman–Crippen LogP) is 1.79. The lowest BCUT2D eigenvalue weighted by Gasteiger charge is -2.15. The molecular weight excluding hydrogens is 252 g/mol. The molecule has 1 aromatic rings. The van der Waals surface area contributed by atoms with Crippen molar-refractivity contribution in [2.24, 2.45) is 5.73 Å². The van der Waals surface area contributed by atoms with Crippen LogP contribution in [0.5, 0.6) is 5.75 Å². The van der Waals surface area contributed by atoms with Gasteiger partial charge in [-0.05, 0) is 12.5 Å². The molecule has 0 aliphatic carbocycles. The molecule has 1 aliphatic rings. The first-order chi connectivity index (χ1) is 8.22. The third-order valence-corrected chi connectivity index (χ3v) is 2.95. The van der Waals surface area contributed by atoms with E-state index >= 15 is 0 Å². The Morgan fingerprint density at radius 3 is 3.00 bits per heavy atom. The Kier molecular flexibility index (Phi) is 5.44. The SMILES string of the molecule is CCCC(N)C(=O)NC1COc2ccccc21.Cl. The van der Waals surface area contributed by atoms with E-state index in [-0.39, 0.29) is 24.4 Å². The normalized spacial score (nSPS) is 18.2. The minimum atomic E-state index is -0.423. The van der Waals surface area contributed by atoms with Gasteiger partial charge in [-0.15, -0.1) is 12.4 Å². The summed E-state index contributed by atoms with van der Waals surface area (Å²) in [5.41, 5.74) is 6.80. The monoisotopic (exact) mass is 270 g/mol. The molecule has 1 aromatic carbocycles. The molecule has 0 spiro atoms. The van der Waals surface area contributed by atoms with Crippen LogP contribution in [-0.2, 0) is 4.79 Å². The highest BCUT2D eigenvalue weighted by Crippen LogP contribution is 2.31. The molecule has 2 rings (SSSR count). The number of benzene rings is 1. The second-order valence-electron chi connectivity index (χ2n) is 4.31. The molecule has 100 valence electrons. The summed E-state index contributed by atoms with van der Waals surface area (Å²) < 4.78 is 5.50. The molecule has 0 aromatic heterocycles. The van der Waals surface area contributed by atoms with Gasteiger partial charge in [0.05, 0.1) is 12.1 Å². The minimum Gasteiger partial charge on any atom is -0.491 e. The summed E-state index contributed by atoms with van der Waals surface area (Å²) >= 11 is 0. The van der Waals surface area contributed by atoms with Gasteiger partial charge < -0.3 is 15.8 Å². The van der Waals surface area contributed by atoms with Crippen molar-refractivity contribution in [3.8, 4) is 5.75 Å². The van der Waals surface area contributed by atoms with Crippen molar-refractivity contribution in [1.29, 1.82) is 0 Å². The summed E-state index contributed by atoms with van der Waals surface area (Å²) in [5, 5.41) is 2.93. The van der Waals surface area contributed by atoms with Crippen molar-refractivity contribution in [1.82, 2.24) is 5.32 Å². The number of ether oxygens (including phenoxy) is 1. The van der Waals surface area contributed by atoms with Gasteiger partial charge in [0.15, 0.2) is 0 Å². The lowest BCUT2D eigenvalue weighted by molar-refractivity contribution is -0.123. The van der Waals surface area contributed by atoms with Crippen LogP contribution in [0.4, 0.5) is 0 Å². The average molecular weight is 271 g/mol. The van der Waals surface area contributed by atoms with Gasteiger partial charge in [0.2, 0.25) is 5.91 Å². The summed E-state index contributed by atoms with van der Waals surface area (Å²) in [5.74, 6) is 0.749. The molecule has 4 nitrogen and oxygen atoms in total. The van der Waals surface area contributed by atoms with Crippen LogP contribution >= 0.6 is 12.4 Å². The largest absolute Gasteiger partial charge is 0.491 e. The molecule has 5 heteroatoms. The van der Waals surface area contributed by atoms with Crippen molar-refractivity contribution >= 4 is 18.3 Å². The quantitative estimate of drug-likeness (QED) is 0.877. The molecule has 1 aliphatic heterocycles. The van der Waals surface area contributed by atoms with Crippen molar-refractivity contribution in [2.45, 2.75) is 31.8 Å². The van der Waals surface area contributed by atoms with Crippen LogP contribution in [0.2, 0.25) is 0 Å². The fourth-order valence-corrected chi connectivity index (χ4v) is 2.00. The van der Waals surface area contributed by atoms with Crippen molar-refractivity contribution < 1.29 is 9.53 Å². The molecule has 2 atom stereocenters. The Morgan fingerprint density at radius 1 is 1.56 bits per heavy atom. The molecule has 3 N–H and O–H groups in total. The van der Waals surface area contributed by atoms with Gasteiger partial charge in [-0.1, -0.05) is 31.5 Å². The van der Waals surface area contributed by atoms with Gasteiger partial charge >= 0.3 is 0 Å². The van der Waals surface area contributed by atoms with Crippen LogP contribution < -0.4 is 15.8 Å². The van der Waals surface area contributed by atoms with Gasteiger partial charge in [0.1, 0.15) is 12.4 Å². The zero-order valence-electron chi connectivity index (χ0n) is 10.4. The number of para-hydroxylation sites is 1. The predicted molar refractivity (Wildman–Crippen MR) is 73.0 cm³/mol. The lowest BCUT2D eigenvalue weighted by Crippen LogP contribution is -2.42. The van der Waals surface area contributed by atoms with E-state index in [1.54, 1.807) is 0 Å². The van der Waals surface area contributed by atoms with Crippen LogP contribution in [0.1, 0.15) is 31.4 Å². The third kappa shape index (κ3) is 3.15. The summed E-state index contributed by atoms with van der Waals surface area (Å²) in [7, 11) is 0. The fraction of sp³-hybridized carbons (Fsp3) is 0.462. The first-order valence-corrected chi connectivity index (χ1v) is 6.00. The minimum absolute atomic E-state index is 0. The summed E-state index contributed by atoms with van der Waals surface area (Å²) in [6, 6.07) is 7.26. The Morgan fingerprint density at radius 2 is 2.28 bits per heavy atom. The summed E-state index contributed by atoms with van der Waals surface area (Å²) in [6.45, 7) is 2.51. The number of hydrogen-bond acceptors (Lipinski definition) is 3. The molecule has 0 fully saturated rings. The van der Waals surface area contributed by atoms with E-state index < -0.39 is 6.04 Å². The Labute approximate surface area is 113 Å². The zero-order chi connectivity index (χ0) is 12.3. The van der Waals surface area contributed by atoms with E-state index in [4.69, 9.17) is 10.5 Å². The first kappa shape index (κ1) is 14.8. The van der Waals surface area contributed by atoms with Gasteiger partial charge in [-0.3, -0.25) is 4.79 Å². The lowest BCUT2D eigenvalue weighted by atomic mass is 10.1. The zero-order valence-corrected chi connectivity index (χ0v) is 11.2. The van der Waals surface area contributed by atoms with E-state index in [0.29, 0.717) is 13.0 Å². The number of rotatable bonds is 4. The van der Waals surface area contributed by atoms with Crippen LogP contribution in [0.15, 0.2) is 24.3 Å². The first-order valence-electron chi connectivity index (χ1n) is 6.00. The number of carbonyl (C=O) groups excluding carboxylic acids is 1. The number of halogens is 1. The van der Waals surface area contributed by atoms with Crippen molar-refractivity contribution in [3.63, 3.8) is 0 Å². The highest BCUT2D eigenvalue weighted by atomic mass is 35.5. The summed E-state index contributed by atoms with van der Waals surface area (Å²) in [4.78, 5) is 11.8. The second-order valence-corrected chi connectivity index (χ2v) is 4.31. The van der Waals surface area contributed by atoms with Gasteiger partial charge in [-0.25, -0.2) is 0 Å². The standard InChI is InChI=1S/C13H18N2O2.ClH/c1-2-5-10(14)13(16)15-11-8-17-12-7-4-3-6-9(11)12;/h3-4,6-7,10-11H,2,5,8,14H2,1H3,(H,15,16);1H. The molecule has 0 radical (unpaired) electrons. The molecule has 1 heterocycles. The van der Waals surface area contributed by atoms with Crippen molar-refractivity contribution in [2.75, 3.05) is 6.61 Å².